The number of nitrogens with zero attached hydrogens (tertiary/aromatic N) is 2. The molecule has 0 radical (unpaired) electrons. The van der Waals surface area contributed by atoms with Crippen molar-refractivity contribution < 1.29 is 13.2 Å². The third kappa shape index (κ3) is 1.02. The quantitative estimate of drug-likeness (QED) is 0.617. The van der Waals surface area contributed by atoms with Gasteiger partial charge >= 0.3 is 6.18 Å². The van der Waals surface area contributed by atoms with Crippen molar-refractivity contribution in [2.75, 3.05) is 5.43 Å². The van der Waals surface area contributed by atoms with Crippen LogP contribution in [0.15, 0.2) is 6.07 Å². The van der Waals surface area contributed by atoms with Crippen molar-refractivity contribution in [2.45, 2.75) is 12.8 Å². The molecule has 0 unspecified atom stereocenters. The largest absolute Gasteiger partial charge is 0.435 e. The SMILES string of the molecule is FC(F)(F)c1cc2n(n1)CNN2. The number of hydrogen-bond donors (Lipinski definition) is 2. The van der Waals surface area contributed by atoms with Crippen molar-refractivity contribution in [3.63, 3.8) is 0 Å². The highest BCUT2D eigenvalue weighted by molar-refractivity contribution is 5.38. The van der Waals surface area contributed by atoms with Gasteiger partial charge < -0.3 is 5.43 Å². The molecule has 2 heterocycles. The van der Waals surface area contributed by atoms with Gasteiger partial charge in [-0.05, 0) is 0 Å². The lowest BCUT2D eigenvalue weighted by Gasteiger charge is -2.00. The van der Waals surface area contributed by atoms with Gasteiger partial charge in [0.1, 0.15) is 12.5 Å². The molecule has 0 spiro atoms. The summed E-state index contributed by atoms with van der Waals surface area (Å²) in [5, 5.41) is 3.33. The van der Waals surface area contributed by atoms with Gasteiger partial charge in [-0.2, -0.15) is 18.3 Å². The number of anilines is 1. The summed E-state index contributed by atoms with van der Waals surface area (Å²) in [6.07, 6.45) is -4.36. The standard InChI is InChI=1S/C5H5F3N4/c6-5(7,8)3-1-4-10-9-2-12(4)11-3/h1,9-10H,2H2. The van der Waals surface area contributed by atoms with Crippen LogP contribution in [-0.4, -0.2) is 9.78 Å². The average Bonchev–Trinajstić information content (AvgIpc) is 2.37. The van der Waals surface area contributed by atoms with Gasteiger partial charge in [0.2, 0.25) is 0 Å². The molecule has 66 valence electrons. The van der Waals surface area contributed by atoms with Gasteiger partial charge in [0, 0.05) is 6.07 Å². The van der Waals surface area contributed by atoms with Crippen LogP contribution in [0.1, 0.15) is 5.69 Å². The molecule has 0 atom stereocenters. The monoisotopic (exact) mass is 178 g/mol. The van der Waals surface area contributed by atoms with Gasteiger partial charge in [0.05, 0.1) is 0 Å². The molecule has 1 aromatic rings. The Balaban J connectivity index is 2.38. The molecule has 0 saturated carbocycles. The van der Waals surface area contributed by atoms with E-state index in [-0.39, 0.29) is 6.67 Å². The Bertz CT molecular complexity index is 281. The van der Waals surface area contributed by atoms with E-state index in [0.717, 1.165) is 6.07 Å². The van der Waals surface area contributed by atoms with Crippen LogP contribution in [0.2, 0.25) is 0 Å². The fourth-order valence-electron chi connectivity index (χ4n) is 0.981. The number of hydrazine groups is 1. The van der Waals surface area contributed by atoms with E-state index in [0.29, 0.717) is 5.82 Å². The fourth-order valence-corrected chi connectivity index (χ4v) is 0.981. The van der Waals surface area contributed by atoms with Crippen LogP contribution in [0.25, 0.3) is 0 Å². The third-order valence-electron chi connectivity index (χ3n) is 1.52. The Morgan fingerprint density at radius 2 is 2.25 bits per heavy atom. The van der Waals surface area contributed by atoms with Crippen LogP contribution >= 0.6 is 0 Å². The Labute approximate surface area is 65.3 Å². The number of alkyl halides is 3. The molecule has 7 heteroatoms. The van der Waals surface area contributed by atoms with Crippen LogP contribution in [-0.2, 0) is 12.8 Å². The van der Waals surface area contributed by atoms with Crippen molar-refractivity contribution in [2.24, 2.45) is 0 Å². The minimum absolute atomic E-state index is 0.255. The molecule has 2 N–H and O–H groups in total. The van der Waals surface area contributed by atoms with E-state index in [4.69, 9.17) is 0 Å². The normalized spacial score (nSPS) is 15.9. The highest BCUT2D eigenvalue weighted by atomic mass is 19.4. The summed E-state index contributed by atoms with van der Waals surface area (Å²) in [4.78, 5) is 0. The first-order valence-electron chi connectivity index (χ1n) is 3.21. The van der Waals surface area contributed by atoms with Gasteiger partial charge in [0.15, 0.2) is 5.69 Å². The number of halogens is 3. The molecule has 0 aromatic carbocycles. The highest BCUT2D eigenvalue weighted by Crippen LogP contribution is 2.30. The molecule has 0 amide bonds. The molecule has 1 aliphatic heterocycles. The minimum atomic E-state index is -4.36. The second-order valence-electron chi connectivity index (χ2n) is 2.37. The van der Waals surface area contributed by atoms with E-state index in [2.05, 4.69) is 16.0 Å². The van der Waals surface area contributed by atoms with E-state index in [9.17, 15) is 13.2 Å². The van der Waals surface area contributed by atoms with Crippen LogP contribution < -0.4 is 10.9 Å². The van der Waals surface area contributed by atoms with Crippen molar-refractivity contribution >= 4 is 5.82 Å². The van der Waals surface area contributed by atoms with Crippen LogP contribution in [0.4, 0.5) is 19.0 Å². The predicted octanol–water partition coefficient (Wildman–Crippen LogP) is 0.789. The molecule has 0 saturated heterocycles. The van der Waals surface area contributed by atoms with Crippen LogP contribution in [0.3, 0.4) is 0 Å². The molecule has 12 heavy (non-hydrogen) atoms. The van der Waals surface area contributed by atoms with E-state index in [1.165, 1.54) is 4.68 Å². The van der Waals surface area contributed by atoms with E-state index in [1.54, 1.807) is 0 Å². The Hall–Kier alpha value is -1.24. The lowest BCUT2D eigenvalue weighted by molar-refractivity contribution is -0.141. The second kappa shape index (κ2) is 2.13. The maximum atomic E-state index is 12.0. The first-order valence-corrected chi connectivity index (χ1v) is 3.21. The highest BCUT2D eigenvalue weighted by Gasteiger charge is 2.35. The number of fused-ring (bicyclic) bond motifs is 1. The van der Waals surface area contributed by atoms with Crippen molar-refractivity contribution in [1.29, 1.82) is 0 Å². The van der Waals surface area contributed by atoms with E-state index in [1.807, 2.05) is 0 Å². The molecule has 0 bridgehead atoms. The summed E-state index contributed by atoms with van der Waals surface area (Å²) in [5.74, 6) is 0.335. The third-order valence-corrected chi connectivity index (χ3v) is 1.52. The second-order valence-corrected chi connectivity index (χ2v) is 2.37. The zero-order valence-electron chi connectivity index (χ0n) is 5.81. The molecule has 1 aromatic heterocycles. The topological polar surface area (TPSA) is 41.9 Å². The minimum Gasteiger partial charge on any atom is -0.304 e. The first-order chi connectivity index (χ1) is 5.57. The maximum Gasteiger partial charge on any atom is 0.435 e. The molecular weight excluding hydrogens is 173 g/mol. The number of hydrogen-bond acceptors (Lipinski definition) is 3. The lowest BCUT2D eigenvalue weighted by Crippen LogP contribution is -2.15. The van der Waals surface area contributed by atoms with Gasteiger partial charge in [-0.25, -0.2) is 10.1 Å². The molecule has 2 rings (SSSR count). The van der Waals surface area contributed by atoms with Crippen molar-refractivity contribution in [1.82, 2.24) is 15.2 Å². The van der Waals surface area contributed by atoms with Gasteiger partial charge in [0.25, 0.3) is 0 Å². The summed E-state index contributed by atoms with van der Waals surface area (Å²) in [7, 11) is 0. The number of nitrogens with one attached hydrogen (secondary N) is 2. The summed E-state index contributed by atoms with van der Waals surface area (Å²) in [5.41, 5.74) is 4.30. The fraction of sp³-hybridized carbons (Fsp3) is 0.400. The Morgan fingerprint density at radius 1 is 1.50 bits per heavy atom. The summed E-state index contributed by atoms with van der Waals surface area (Å²) >= 11 is 0. The first kappa shape index (κ1) is 7.41. The molecule has 4 nitrogen and oxygen atoms in total. The predicted molar refractivity (Wildman–Crippen MR) is 34.0 cm³/mol. The molecular formula is C5H5F3N4. The smallest absolute Gasteiger partial charge is 0.304 e. The summed E-state index contributed by atoms with van der Waals surface area (Å²) < 4.78 is 37.3. The van der Waals surface area contributed by atoms with E-state index >= 15 is 0 Å². The van der Waals surface area contributed by atoms with Gasteiger partial charge in [-0.1, -0.05) is 0 Å². The van der Waals surface area contributed by atoms with Gasteiger partial charge in [-0.15, -0.1) is 0 Å². The van der Waals surface area contributed by atoms with Crippen LogP contribution in [0.5, 0.6) is 0 Å². The number of aromatic nitrogens is 2. The summed E-state index contributed by atoms with van der Waals surface area (Å²) in [6.45, 7) is 0.255. The van der Waals surface area contributed by atoms with Crippen LogP contribution in [0, 0.1) is 0 Å². The zero-order valence-corrected chi connectivity index (χ0v) is 5.81. The Kier molecular flexibility index (Phi) is 1.31. The molecule has 0 fully saturated rings. The van der Waals surface area contributed by atoms with E-state index < -0.39 is 11.9 Å². The molecule has 1 aliphatic rings. The average molecular weight is 178 g/mol. The Morgan fingerprint density at radius 3 is 2.83 bits per heavy atom. The van der Waals surface area contributed by atoms with Gasteiger partial charge in [-0.3, -0.25) is 0 Å². The molecule has 0 aliphatic carbocycles. The van der Waals surface area contributed by atoms with Crippen molar-refractivity contribution in [3.05, 3.63) is 11.8 Å². The zero-order chi connectivity index (χ0) is 8.77. The lowest BCUT2D eigenvalue weighted by atomic mass is 10.4. The van der Waals surface area contributed by atoms with Crippen molar-refractivity contribution in [3.8, 4) is 0 Å². The maximum absolute atomic E-state index is 12.0. The number of rotatable bonds is 0. The summed E-state index contributed by atoms with van der Waals surface area (Å²) in [6, 6.07) is 0.958.